The predicted octanol–water partition coefficient (Wildman–Crippen LogP) is 0.622. The fourth-order valence-electron chi connectivity index (χ4n) is 1.97. The van der Waals surface area contributed by atoms with E-state index in [1.165, 1.54) is 0 Å². The number of amides is 1. The van der Waals surface area contributed by atoms with Gasteiger partial charge >= 0.3 is 5.97 Å². The van der Waals surface area contributed by atoms with Crippen LogP contribution in [-0.4, -0.2) is 35.2 Å². The average Bonchev–Trinajstić information content (AvgIpc) is 2.75. The summed E-state index contributed by atoms with van der Waals surface area (Å²) in [5, 5.41) is 20.7. The second-order valence-corrected chi connectivity index (χ2v) is 5.59. The first kappa shape index (κ1) is 14.0. The Hall–Kier alpha value is -1.10. The second-order valence-electron chi connectivity index (χ2n) is 5.59. The van der Waals surface area contributed by atoms with Gasteiger partial charge < -0.3 is 15.5 Å². The molecule has 0 heterocycles. The van der Waals surface area contributed by atoms with Crippen molar-refractivity contribution in [2.24, 2.45) is 17.3 Å². The Balaban J connectivity index is 2.37. The Labute approximate surface area is 101 Å². The number of carbonyl (C=O) groups excluding carboxylic acids is 1. The van der Waals surface area contributed by atoms with E-state index in [1.54, 1.807) is 0 Å². The molecule has 3 N–H and O–H groups in total. The average molecular weight is 243 g/mol. The van der Waals surface area contributed by atoms with Crippen LogP contribution >= 0.6 is 0 Å². The number of carboxylic acids is 1. The first-order valence-corrected chi connectivity index (χ1v) is 5.97. The van der Waals surface area contributed by atoms with Gasteiger partial charge in [-0.1, -0.05) is 13.8 Å². The van der Waals surface area contributed by atoms with Crippen LogP contribution in [0.5, 0.6) is 0 Å². The molecule has 98 valence electrons. The van der Waals surface area contributed by atoms with E-state index in [4.69, 9.17) is 10.2 Å². The number of carbonyl (C=O) groups is 2. The molecule has 0 unspecified atom stereocenters. The van der Waals surface area contributed by atoms with E-state index in [0.29, 0.717) is 25.8 Å². The zero-order valence-electron chi connectivity index (χ0n) is 10.4. The molecule has 1 amide bonds. The first-order chi connectivity index (χ1) is 7.85. The molecular formula is C12H21NO4. The standard InChI is InChI=1S/C12H21NO4/c1-12(2,7-14)6-13-10(15)8-3-4-9(5-8)11(16)17/h8-9,14H,3-7H2,1-2H3,(H,13,15)(H,16,17)/t8-,9+/m1/s1. The quantitative estimate of drug-likeness (QED) is 0.660. The summed E-state index contributed by atoms with van der Waals surface area (Å²) in [6, 6.07) is 0. The summed E-state index contributed by atoms with van der Waals surface area (Å²) in [5.41, 5.74) is -0.333. The van der Waals surface area contributed by atoms with Crippen LogP contribution in [0, 0.1) is 17.3 Å². The molecule has 0 radical (unpaired) electrons. The summed E-state index contributed by atoms with van der Waals surface area (Å²) in [5.74, 6) is -1.46. The van der Waals surface area contributed by atoms with Crippen molar-refractivity contribution >= 4 is 11.9 Å². The summed E-state index contributed by atoms with van der Waals surface area (Å²) in [6.45, 7) is 4.15. The van der Waals surface area contributed by atoms with Gasteiger partial charge in [0.25, 0.3) is 0 Å². The summed E-state index contributed by atoms with van der Waals surface area (Å²) >= 11 is 0. The lowest BCUT2D eigenvalue weighted by atomic mass is 9.94. The highest BCUT2D eigenvalue weighted by Crippen LogP contribution is 2.31. The van der Waals surface area contributed by atoms with Crippen LogP contribution in [0.15, 0.2) is 0 Å². The van der Waals surface area contributed by atoms with Crippen molar-refractivity contribution < 1.29 is 19.8 Å². The van der Waals surface area contributed by atoms with E-state index in [1.807, 2.05) is 13.8 Å². The Morgan fingerprint density at radius 1 is 1.29 bits per heavy atom. The molecule has 0 aromatic heterocycles. The van der Waals surface area contributed by atoms with E-state index in [9.17, 15) is 9.59 Å². The zero-order chi connectivity index (χ0) is 13.1. The molecule has 1 saturated carbocycles. The van der Waals surface area contributed by atoms with Gasteiger partial charge in [0.15, 0.2) is 0 Å². The third-order valence-electron chi connectivity index (χ3n) is 3.32. The normalized spacial score (nSPS) is 24.6. The van der Waals surface area contributed by atoms with Crippen LogP contribution in [0.1, 0.15) is 33.1 Å². The van der Waals surface area contributed by atoms with Crippen LogP contribution in [0.2, 0.25) is 0 Å². The van der Waals surface area contributed by atoms with Gasteiger partial charge in [0.1, 0.15) is 0 Å². The second kappa shape index (κ2) is 5.49. The SMILES string of the molecule is CC(C)(CO)CNC(=O)[C@@H]1CC[C@H](C(=O)O)C1. The van der Waals surface area contributed by atoms with E-state index in [2.05, 4.69) is 5.32 Å². The molecule has 1 rings (SSSR count). The van der Waals surface area contributed by atoms with Gasteiger partial charge in [0.05, 0.1) is 5.92 Å². The lowest BCUT2D eigenvalue weighted by Gasteiger charge is -2.23. The van der Waals surface area contributed by atoms with Crippen LogP contribution < -0.4 is 5.32 Å². The Bertz CT molecular complexity index is 301. The maximum Gasteiger partial charge on any atom is 0.306 e. The van der Waals surface area contributed by atoms with Gasteiger partial charge in [0, 0.05) is 24.5 Å². The molecule has 0 spiro atoms. The largest absolute Gasteiger partial charge is 0.481 e. The Kier molecular flexibility index (Phi) is 4.51. The van der Waals surface area contributed by atoms with Crippen molar-refractivity contribution in [1.82, 2.24) is 5.32 Å². The van der Waals surface area contributed by atoms with Crippen LogP contribution in [0.3, 0.4) is 0 Å². The van der Waals surface area contributed by atoms with E-state index < -0.39 is 5.97 Å². The molecule has 0 saturated heterocycles. The minimum atomic E-state index is -0.809. The molecule has 1 aliphatic carbocycles. The fraction of sp³-hybridized carbons (Fsp3) is 0.833. The van der Waals surface area contributed by atoms with Gasteiger partial charge in [-0.25, -0.2) is 0 Å². The maximum atomic E-state index is 11.8. The minimum Gasteiger partial charge on any atom is -0.481 e. The Morgan fingerprint density at radius 3 is 2.35 bits per heavy atom. The molecule has 0 bridgehead atoms. The molecular weight excluding hydrogens is 222 g/mol. The lowest BCUT2D eigenvalue weighted by molar-refractivity contribution is -0.141. The zero-order valence-corrected chi connectivity index (χ0v) is 10.4. The monoisotopic (exact) mass is 243 g/mol. The first-order valence-electron chi connectivity index (χ1n) is 5.97. The van der Waals surface area contributed by atoms with Crippen molar-refractivity contribution in [2.75, 3.05) is 13.2 Å². The number of carboxylic acid groups (broad SMARTS) is 1. The predicted molar refractivity (Wildman–Crippen MR) is 62.3 cm³/mol. The number of hydrogen-bond acceptors (Lipinski definition) is 3. The maximum absolute atomic E-state index is 11.8. The van der Waals surface area contributed by atoms with Crippen LogP contribution in [-0.2, 0) is 9.59 Å². The molecule has 5 heteroatoms. The van der Waals surface area contributed by atoms with Gasteiger partial charge in [-0.05, 0) is 19.3 Å². The summed E-state index contributed by atoms with van der Waals surface area (Å²) in [4.78, 5) is 22.6. The number of rotatable bonds is 5. The summed E-state index contributed by atoms with van der Waals surface area (Å²) in [6.07, 6.45) is 1.65. The molecule has 1 aliphatic rings. The topological polar surface area (TPSA) is 86.6 Å². The molecule has 1 fully saturated rings. The van der Waals surface area contributed by atoms with Crippen molar-refractivity contribution in [3.8, 4) is 0 Å². The molecule has 0 aromatic carbocycles. The highest BCUT2D eigenvalue weighted by molar-refractivity contribution is 5.80. The minimum absolute atomic E-state index is 0.00962. The number of aliphatic carboxylic acids is 1. The van der Waals surface area contributed by atoms with E-state index >= 15 is 0 Å². The molecule has 0 aromatic rings. The summed E-state index contributed by atoms with van der Waals surface area (Å²) in [7, 11) is 0. The van der Waals surface area contributed by atoms with Gasteiger partial charge in [0.2, 0.25) is 5.91 Å². The van der Waals surface area contributed by atoms with Crippen LogP contribution in [0.25, 0.3) is 0 Å². The van der Waals surface area contributed by atoms with Gasteiger partial charge in [-0.3, -0.25) is 9.59 Å². The summed E-state index contributed by atoms with van der Waals surface area (Å²) < 4.78 is 0. The van der Waals surface area contributed by atoms with Crippen molar-refractivity contribution in [2.45, 2.75) is 33.1 Å². The van der Waals surface area contributed by atoms with E-state index in [0.717, 1.165) is 0 Å². The number of nitrogens with one attached hydrogen (secondary N) is 1. The van der Waals surface area contributed by atoms with Gasteiger partial charge in [-0.15, -0.1) is 0 Å². The number of aliphatic hydroxyl groups is 1. The number of hydrogen-bond donors (Lipinski definition) is 3. The fourth-order valence-corrected chi connectivity index (χ4v) is 1.97. The molecule has 5 nitrogen and oxygen atoms in total. The van der Waals surface area contributed by atoms with Crippen molar-refractivity contribution in [1.29, 1.82) is 0 Å². The third kappa shape index (κ3) is 4.00. The molecule has 0 aliphatic heterocycles. The third-order valence-corrected chi connectivity index (χ3v) is 3.32. The lowest BCUT2D eigenvalue weighted by Crippen LogP contribution is -2.38. The van der Waals surface area contributed by atoms with Crippen molar-refractivity contribution in [3.63, 3.8) is 0 Å². The highest BCUT2D eigenvalue weighted by Gasteiger charge is 2.34. The number of aliphatic hydroxyl groups excluding tert-OH is 1. The van der Waals surface area contributed by atoms with Gasteiger partial charge in [-0.2, -0.15) is 0 Å². The van der Waals surface area contributed by atoms with Crippen LogP contribution in [0.4, 0.5) is 0 Å². The van der Waals surface area contributed by atoms with E-state index in [-0.39, 0.29) is 29.8 Å². The molecule has 17 heavy (non-hydrogen) atoms. The molecule has 2 atom stereocenters. The highest BCUT2D eigenvalue weighted by atomic mass is 16.4. The smallest absolute Gasteiger partial charge is 0.306 e. The Morgan fingerprint density at radius 2 is 1.88 bits per heavy atom. The van der Waals surface area contributed by atoms with Crippen molar-refractivity contribution in [3.05, 3.63) is 0 Å².